The van der Waals surface area contributed by atoms with Gasteiger partial charge < -0.3 is 10.4 Å². The smallest absolute Gasteiger partial charge is 0.266 e. The molecule has 0 atom stereocenters. The van der Waals surface area contributed by atoms with Crippen molar-refractivity contribution in [3.8, 4) is 11.8 Å². The van der Waals surface area contributed by atoms with E-state index in [0.717, 1.165) is 16.7 Å². The quantitative estimate of drug-likeness (QED) is 0.436. The van der Waals surface area contributed by atoms with Crippen LogP contribution in [0.4, 0.5) is 5.69 Å². The fraction of sp³-hybridized carbons (Fsp3) is 0.360. The number of rotatable bonds is 3. The van der Waals surface area contributed by atoms with Gasteiger partial charge in [-0.2, -0.15) is 5.26 Å². The molecule has 158 valence electrons. The van der Waals surface area contributed by atoms with Gasteiger partial charge in [-0.15, -0.1) is 0 Å². The summed E-state index contributed by atoms with van der Waals surface area (Å²) in [5, 5.41) is 23.8. The van der Waals surface area contributed by atoms with Crippen molar-refractivity contribution >= 4 is 29.3 Å². The number of phenolic OH excluding ortho intramolecular Hbond substituents is 1. The molecule has 0 radical (unpaired) electrons. The van der Waals surface area contributed by atoms with Crippen molar-refractivity contribution in [2.24, 2.45) is 0 Å². The van der Waals surface area contributed by atoms with Crippen molar-refractivity contribution in [2.75, 3.05) is 5.32 Å². The van der Waals surface area contributed by atoms with Gasteiger partial charge in [-0.1, -0.05) is 59.2 Å². The van der Waals surface area contributed by atoms with Crippen molar-refractivity contribution in [3.05, 3.63) is 63.2 Å². The highest BCUT2D eigenvalue weighted by molar-refractivity contribution is 6.31. The highest BCUT2D eigenvalue weighted by Crippen LogP contribution is 2.40. The fourth-order valence-electron chi connectivity index (χ4n) is 3.13. The maximum Gasteiger partial charge on any atom is 0.266 e. The molecule has 0 heterocycles. The number of phenols is 1. The number of benzene rings is 2. The number of nitrogens with one attached hydrogen (secondary N) is 1. The maximum atomic E-state index is 12.7. The topological polar surface area (TPSA) is 73.1 Å². The Morgan fingerprint density at radius 2 is 1.63 bits per heavy atom. The zero-order valence-corrected chi connectivity index (χ0v) is 19.4. The Labute approximate surface area is 184 Å². The average Bonchev–Trinajstić information content (AvgIpc) is 2.62. The first-order valence-electron chi connectivity index (χ1n) is 9.82. The van der Waals surface area contributed by atoms with Gasteiger partial charge in [0.15, 0.2) is 0 Å². The molecule has 0 unspecified atom stereocenters. The van der Waals surface area contributed by atoms with Crippen molar-refractivity contribution in [1.82, 2.24) is 0 Å². The molecular weight excluding hydrogens is 396 g/mol. The van der Waals surface area contributed by atoms with E-state index >= 15 is 0 Å². The maximum absolute atomic E-state index is 12.7. The second-order valence-electron chi connectivity index (χ2n) is 9.50. The summed E-state index contributed by atoms with van der Waals surface area (Å²) in [5.41, 5.74) is 2.89. The predicted molar refractivity (Wildman–Crippen MR) is 124 cm³/mol. The lowest BCUT2D eigenvalue weighted by molar-refractivity contribution is -0.112. The highest BCUT2D eigenvalue weighted by atomic mass is 35.5. The molecule has 0 saturated carbocycles. The Kier molecular flexibility index (Phi) is 6.69. The lowest BCUT2D eigenvalue weighted by Crippen LogP contribution is -2.18. The molecule has 4 nitrogen and oxygen atoms in total. The molecule has 0 bridgehead atoms. The number of aromatic hydroxyl groups is 1. The molecule has 0 spiro atoms. The first-order chi connectivity index (χ1) is 13.8. The van der Waals surface area contributed by atoms with Gasteiger partial charge in [0, 0.05) is 21.8 Å². The number of amides is 1. The molecule has 5 heteroatoms. The zero-order chi connectivity index (χ0) is 22.9. The Morgan fingerprint density at radius 1 is 1.10 bits per heavy atom. The van der Waals surface area contributed by atoms with E-state index in [2.05, 4.69) is 5.32 Å². The summed E-state index contributed by atoms with van der Waals surface area (Å²) in [5.74, 6) is -0.254. The molecule has 30 heavy (non-hydrogen) atoms. The third-order valence-electron chi connectivity index (χ3n) is 4.94. The first-order valence-corrected chi connectivity index (χ1v) is 10.2. The minimum Gasteiger partial charge on any atom is -0.507 e. The third-order valence-corrected chi connectivity index (χ3v) is 5.35. The Balaban J connectivity index is 2.54. The number of carbonyl (C=O) groups excluding carboxylic acids is 1. The molecular formula is C25H29ClN2O2. The molecule has 2 N–H and O–H groups in total. The largest absolute Gasteiger partial charge is 0.507 e. The molecule has 0 aliphatic heterocycles. The van der Waals surface area contributed by atoms with E-state index in [0.29, 0.717) is 16.3 Å². The first kappa shape index (κ1) is 23.5. The number of anilines is 1. The average molecular weight is 425 g/mol. The molecule has 0 aliphatic rings. The number of hydrogen-bond acceptors (Lipinski definition) is 3. The SMILES string of the molecule is Cc1c(Cl)cccc1NC(=O)/C(C#N)=C\c1cc(C(C)(C)C)c(O)c(C(C)(C)C)c1. The van der Waals surface area contributed by atoms with E-state index in [9.17, 15) is 15.2 Å². The van der Waals surface area contributed by atoms with Crippen molar-refractivity contribution in [2.45, 2.75) is 59.3 Å². The van der Waals surface area contributed by atoms with E-state index in [1.54, 1.807) is 31.2 Å². The van der Waals surface area contributed by atoms with Gasteiger partial charge in [-0.05, 0) is 59.2 Å². The van der Waals surface area contributed by atoms with E-state index in [1.165, 1.54) is 0 Å². The van der Waals surface area contributed by atoms with Crippen LogP contribution >= 0.6 is 11.6 Å². The Morgan fingerprint density at radius 3 is 2.10 bits per heavy atom. The summed E-state index contributed by atoms with van der Waals surface area (Å²) in [7, 11) is 0. The predicted octanol–water partition coefficient (Wildman–Crippen LogP) is 6.49. The van der Waals surface area contributed by atoms with Crippen molar-refractivity contribution in [3.63, 3.8) is 0 Å². The standard InChI is InChI=1S/C25H29ClN2O2/c1-15-20(26)9-8-10-21(15)28-23(30)17(14-27)11-16-12-18(24(2,3)4)22(29)19(13-16)25(5,6)7/h8-13,29H,1-7H3,(H,28,30)/b17-11-. The molecule has 0 saturated heterocycles. The second-order valence-corrected chi connectivity index (χ2v) is 9.91. The van der Waals surface area contributed by atoms with E-state index in [1.807, 2.05) is 59.7 Å². The summed E-state index contributed by atoms with van der Waals surface area (Å²) in [6, 6.07) is 10.9. The minimum atomic E-state index is -0.509. The minimum absolute atomic E-state index is 0.0280. The van der Waals surface area contributed by atoms with Crippen LogP contribution in [0, 0.1) is 18.3 Å². The van der Waals surface area contributed by atoms with Crippen molar-refractivity contribution < 1.29 is 9.90 Å². The monoisotopic (exact) mass is 424 g/mol. The summed E-state index contributed by atoms with van der Waals surface area (Å²) >= 11 is 6.12. The zero-order valence-electron chi connectivity index (χ0n) is 18.6. The Bertz CT molecular complexity index is 1010. The van der Waals surface area contributed by atoms with Gasteiger partial charge in [0.1, 0.15) is 17.4 Å². The van der Waals surface area contributed by atoms with Crippen LogP contribution in [0.25, 0.3) is 6.08 Å². The lowest BCUT2D eigenvalue weighted by Gasteiger charge is -2.28. The summed E-state index contributed by atoms with van der Waals surface area (Å²) in [6.45, 7) is 13.9. The van der Waals surface area contributed by atoms with Crippen LogP contribution < -0.4 is 5.32 Å². The van der Waals surface area contributed by atoms with Gasteiger partial charge in [0.2, 0.25) is 0 Å². The van der Waals surface area contributed by atoms with Crippen LogP contribution in [0.2, 0.25) is 5.02 Å². The Hall–Kier alpha value is -2.77. The third kappa shape index (κ3) is 5.23. The van der Waals surface area contributed by atoms with Crippen LogP contribution in [-0.4, -0.2) is 11.0 Å². The van der Waals surface area contributed by atoms with Gasteiger partial charge in [-0.25, -0.2) is 0 Å². The second kappa shape index (κ2) is 8.53. The van der Waals surface area contributed by atoms with Crippen LogP contribution in [0.15, 0.2) is 35.9 Å². The molecule has 0 fully saturated rings. The number of halogens is 1. The van der Waals surface area contributed by atoms with Crippen LogP contribution in [0.5, 0.6) is 5.75 Å². The normalized spacial score (nSPS) is 12.4. The molecule has 2 aromatic carbocycles. The highest BCUT2D eigenvalue weighted by Gasteiger charge is 2.26. The molecule has 2 aromatic rings. The van der Waals surface area contributed by atoms with Crippen LogP contribution in [0.3, 0.4) is 0 Å². The van der Waals surface area contributed by atoms with Crippen LogP contribution in [-0.2, 0) is 15.6 Å². The van der Waals surface area contributed by atoms with Gasteiger partial charge in [-0.3, -0.25) is 4.79 Å². The van der Waals surface area contributed by atoms with E-state index in [4.69, 9.17) is 11.6 Å². The molecule has 0 aromatic heterocycles. The summed E-state index contributed by atoms with van der Waals surface area (Å²) < 4.78 is 0. The molecule has 0 aliphatic carbocycles. The van der Waals surface area contributed by atoms with Gasteiger partial charge >= 0.3 is 0 Å². The van der Waals surface area contributed by atoms with E-state index < -0.39 is 5.91 Å². The number of hydrogen-bond donors (Lipinski definition) is 2. The summed E-state index contributed by atoms with van der Waals surface area (Å²) in [6.07, 6.45) is 1.55. The number of nitrogens with zero attached hydrogens (tertiary/aromatic N) is 1. The number of nitriles is 1. The fourth-order valence-corrected chi connectivity index (χ4v) is 3.31. The van der Waals surface area contributed by atoms with Crippen LogP contribution in [0.1, 0.15) is 63.8 Å². The van der Waals surface area contributed by atoms with Gasteiger partial charge in [0.25, 0.3) is 5.91 Å². The van der Waals surface area contributed by atoms with Gasteiger partial charge in [0.05, 0.1) is 0 Å². The van der Waals surface area contributed by atoms with Crippen molar-refractivity contribution in [1.29, 1.82) is 5.26 Å². The molecule has 2 rings (SSSR count). The molecule has 1 amide bonds. The summed E-state index contributed by atoms with van der Waals surface area (Å²) in [4.78, 5) is 12.7. The lowest BCUT2D eigenvalue weighted by atomic mass is 9.78. The number of carbonyl (C=O) groups is 1. The van der Waals surface area contributed by atoms with E-state index in [-0.39, 0.29) is 22.2 Å².